The molecule has 0 amide bonds. The smallest absolute Gasteiger partial charge is 0.0787 e. The van der Waals surface area contributed by atoms with Crippen LogP contribution in [0.5, 0.6) is 0 Å². The maximum absolute atomic E-state index is 9.72. The average Bonchev–Trinajstić information content (AvgIpc) is 2.15. The molecule has 0 aliphatic carbocycles. The lowest BCUT2D eigenvalue weighted by Gasteiger charge is -2.20. The molecule has 0 aliphatic rings. The van der Waals surface area contributed by atoms with Crippen molar-refractivity contribution in [3.63, 3.8) is 0 Å². The average molecular weight is 192 g/mol. The first-order chi connectivity index (χ1) is 6.45. The van der Waals surface area contributed by atoms with E-state index < -0.39 is 0 Å². The van der Waals surface area contributed by atoms with E-state index in [4.69, 9.17) is 0 Å². The molecule has 78 valence electrons. The van der Waals surface area contributed by atoms with E-state index in [1.807, 2.05) is 19.1 Å². The summed E-state index contributed by atoms with van der Waals surface area (Å²) in [7, 11) is 0. The third-order valence-corrected chi connectivity index (χ3v) is 2.52. The molecule has 1 aromatic rings. The summed E-state index contributed by atoms with van der Waals surface area (Å²) in [5.41, 5.74) is 2.46. The molecule has 0 aromatic heterocycles. The van der Waals surface area contributed by atoms with Gasteiger partial charge < -0.3 is 5.11 Å². The molecular formula is C13H20O. The molecule has 0 saturated heterocycles. The van der Waals surface area contributed by atoms with Crippen molar-refractivity contribution in [1.29, 1.82) is 0 Å². The highest BCUT2D eigenvalue weighted by Gasteiger charge is 2.14. The van der Waals surface area contributed by atoms with Gasteiger partial charge in [0.25, 0.3) is 0 Å². The molecule has 1 unspecified atom stereocenters. The van der Waals surface area contributed by atoms with Crippen molar-refractivity contribution < 1.29 is 5.11 Å². The number of hydrogen-bond acceptors (Lipinski definition) is 1. The van der Waals surface area contributed by atoms with Gasteiger partial charge in [0.1, 0.15) is 0 Å². The molecule has 0 fully saturated rings. The summed E-state index contributed by atoms with van der Waals surface area (Å²) in [5, 5.41) is 9.72. The second kappa shape index (κ2) is 4.14. The molecule has 1 rings (SSSR count). The molecule has 1 N–H and O–H groups in total. The minimum atomic E-state index is -0.322. The van der Waals surface area contributed by atoms with Crippen molar-refractivity contribution >= 4 is 0 Å². The third-order valence-electron chi connectivity index (χ3n) is 2.52. The van der Waals surface area contributed by atoms with Gasteiger partial charge in [0, 0.05) is 0 Å². The lowest BCUT2D eigenvalue weighted by molar-refractivity contribution is 0.173. The summed E-state index contributed by atoms with van der Waals surface area (Å²) < 4.78 is 0. The lowest BCUT2D eigenvalue weighted by atomic mass is 9.85. The standard InChI is InChI=1S/C13H20O/c1-5-12(14)10-7-6-8-11(9-10)13(2,3)4/h6-9,12,14H,5H2,1-4H3. The SMILES string of the molecule is CCC(O)c1cccc(C(C)(C)C)c1. The predicted octanol–water partition coefficient (Wildman–Crippen LogP) is 3.43. The summed E-state index contributed by atoms with van der Waals surface area (Å²) in [4.78, 5) is 0. The van der Waals surface area contributed by atoms with Gasteiger partial charge in [-0.05, 0) is 23.0 Å². The number of hydrogen-bond donors (Lipinski definition) is 1. The summed E-state index contributed by atoms with van der Waals surface area (Å²) in [6.45, 7) is 8.55. The molecule has 0 aliphatic heterocycles. The van der Waals surface area contributed by atoms with E-state index in [1.54, 1.807) is 0 Å². The third kappa shape index (κ3) is 2.58. The quantitative estimate of drug-likeness (QED) is 0.761. The Hall–Kier alpha value is -0.820. The van der Waals surface area contributed by atoms with E-state index in [9.17, 15) is 5.11 Å². The molecule has 0 radical (unpaired) electrons. The zero-order valence-electron chi connectivity index (χ0n) is 9.54. The molecule has 0 heterocycles. The fourth-order valence-electron chi connectivity index (χ4n) is 1.45. The van der Waals surface area contributed by atoms with Crippen LogP contribution in [0.2, 0.25) is 0 Å². The Labute approximate surface area is 86.8 Å². The van der Waals surface area contributed by atoms with Gasteiger partial charge >= 0.3 is 0 Å². The van der Waals surface area contributed by atoms with Crippen LogP contribution < -0.4 is 0 Å². The minimum absolute atomic E-state index is 0.156. The summed E-state index contributed by atoms with van der Waals surface area (Å²) in [6.07, 6.45) is 0.449. The van der Waals surface area contributed by atoms with Crippen molar-refractivity contribution in [1.82, 2.24) is 0 Å². The zero-order chi connectivity index (χ0) is 10.8. The molecule has 0 bridgehead atoms. The fraction of sp³-hybridized carbons (Fsp3) is 0.538. The van der Waals surface area contributed by atoms with E-state index in [0.29, 0.717) is 0 Å². The molecule has 1 atom stereocenters. The molecule has 1 aromatic carbocycles. The van der Waals surface area contributed by atoms with Gasteiger partial charge in [-0.15, -0.1) is 0 Å². The summed E-state index contributed by atoms with van der Waals surface area (Å²) in [6, 6.07) is 8.23. The van der Waals surface area contributed by atoms with Crippen molar-refractivity contribution in [3.8, 4) is 0 Å². The Kier molecular flexibility index (Phi) is 3.33. The Morgan fingerprint density at radius 3 is 2.43 bits per heavy atom. The number of benzene rings is 1. The molecule has 1 nitrogen and oxygen atoms in total. The van der Waals surface area contributed by atoms with Crippen LogP contribution in [-0.4, -0.2) is 5.11 Å². The van der Waals surface area contributed by atoms with Crippen LogP contribution in [0.15, 0.2) is 24.3 Å². The van der Waals surface area contributed by atoms with Crippen LogP contribution in [0.25, 0.3) is 0 Å². The second-order valence-corrected chi connectivity index (χ2v) is 4.80. The highest BCUT2D eigenvalue weighted by Crippen LogP contribution is 2.25. The van der Waals surface area contributed by atoms with Crippen LogP contribution in [0.1, 0.15) is 51.3 Å². The van der Waals surface area contributed by atoms with Crippen LogP contribution in [-0.2, 0) is 5.41 Å². The summed E-state index contributed by atoms with van der Waals surface area (Å²) in [5.74, 6) is 0. The zero-order valence-corrected chi connectivity index (χ0v) is 9.54. The molecule has 14 heavy (non-hydrogen) atoms. The molecular weight excluding hydrogens is 172 g/mol. The minimum Gasteiger partial charge on any atom is -0.388 e. The van der Waals surface area contributed by atoms with E-state index in [2.05, 4.69) is 32.9 Å². The largest absolute Gasteiger partial charge is 0.388 e. The van der Waals surface area contributed by atoms with E-state index in [-0.39, 0.29) is 11.5 Å². The van der Waals surface area contributed by atoms with Gasteiger partial charge in [0.2, 0.25) is 0 Å². The highest BCUT2D eigenvalue weighted by atomic mass is 16.3. The summed E-state index contributed by atoms with van der Waals surface area (Å²) >= 11 is 0. The number of rotatable bonds is 2. The Bertz CT molecular complexity index is 296. The monoisotopic (exact) mass is 192 g/mol. The lowest BCUT2D eigenvalue weighted by Crippen LogP contribution is -2.11. The fourth-order valence-corrected chi connectivity index (χ4v) is 1.45. The Balaban J connectivity index is 3.01. The van der Waals surface area contributed by atoms with Crippen LogP contribution in [0.3, 0.4) is 0 Å². The molecule has 0 spiro atoms. The van der Waals surface area contributed by atoms with Crippen LogP contribution >= 0.6 is 0 Å². The first-order valence-corrected chi connectivity index (χ1v) is 5.23. The van der Waals surface area contributed by atoms with Gasteiger partial charge in [-0.25, -0.2) is 0 Å². The predicted molar refractivity (Wildman–Crippen MR) is 60.4 cm³/mol. The van der Waals surface area contributed by atoms with Gasteiger partial charge in [-0.3, -0.25) is 0 Å². The van der Waals surface area contributed by atoms with Crippen LogP contribution in [0, 0.1) is 0 Å². The van der Waals surface area contributed by atoms with E-state index in [0.717, 1.165) is 12.0 Å². The van der Waals surface area contributed by atoms with Gasteiger partial charge in [0.15, 0.2) is 0 Å². The Morgan fingerprint density at radius 2 is 1.93 bits per heavy atom. The normalized spacial score (nSPS) is 14.1. The van der Waals surface area contributed by atoms with Gasteiger partial charge in [-0.2, -0.15) is 0 Å². The maximum atomic E-state index is 9.72. The highest BCUT2D eigenvalue weighted by molar-refractivity contribution is 5.29. The van der Waals surface area contributed by atoms with E-state index in [1.165, 1.54) is 5.56 Å². The number of aliphatic hydroxyl groups excluding tert-OH is 1. The van der Waals surface area contributed by atoms with Crippen molar-refractivity contribution in [2.75, 3.05) is 0 Å². The molecule has 1 heteroatoms. The Morgan fingerprint density at radius 1 is 1.29 bits per heavy atom. The van der Waals surface area contributed by atoms with Gasteiger partial charge in [0.05, 0.1) is 6.10 Å². The van der Waals surface area contributed by atoms with Gasteiger partial charge in [-0.1, -0.05) is 52.0 Å². The van der Waals surface area contributed by atoms with E-state index >= 15 is 0 Å². The maximum Gasteiger partial charge on any atom is 0.0787 e. The number of aliphatic hydroxyl groups is 1. The van der Waals surface area contributed by atoms with Crippen molar-refractivity contribution in [2.45, 2.75) is 45.6 Å². The topological polar surface area (TPSA) is 20.2 Å². The molecule has 0 saturated carbocycles. The van der Waals surface area contributed by atoms with Crippen LogP contribution in [0.4, 0.5) is 0 Å². The second-order valence-electron chi connectivity index (χ2n) is 4.80. The first kappa shape index (κ1) is 11.3. The first-order valence-electron chi connectivity index (χ1n) is 5.23. The van der Waals surface area contributed by atoms with Crippen molar-refractivity contribution in [2.24, 2.45) is 0 Å². The van der Waals surface area contributed by atoms with Crippen molar-refractivity contribution in [3.05, 3.63) is 35.4 Å².